The number of unbranched alkanes of at least 4 members (excludes halogenated alkanes) is 6. The number of nitrogens with zero attached hydrogens (tertiary/aromatic N) is 2. The number of aromatic nitrogens is 1. The molecule has 2 aliphatic rings. The molecule has 37 heavy (non-hydrogen) atoms. The van der Waals surface area contributed by atoms with Gasteiger partial charge in [-0.15, -0.1) is 10.9 Å². The second-order valence-electron chi connectivity index (χ2n) is 11.3. The highest BCUT2D eigenvalue weighted by Crippen LogP contribution is 2.42. The lowest BCUT2D eigenvalue weighted by atomic mass is 9.35. The van der Waals surface area contributed by atoms with Crippen LogP contribution in [0.15, 0.2) is 84.1 Å². The van der Waals surface area contributed by atoms with E-state index >= 15 is 0 Å². The zero-order valence-electron chi connectivity index (χ0n) is 23.6. The fourth-order valence-corrected chi connectivity index (χ4v) is 7.32. The van der Waals surface area contributed by atoms with Crippen LogP contribution in [0.3, 0.4) is 0 Å². The molecular weight excluding hydrogens is 447 g/mol. The zero-order chi connectivity index (χ0) is 26.0. The first-order valence-electron chi connectivity index (χ1n) is 14.5. The highest BCUT2D eigenvalue weighted by Gasteiger charge is 2.53. The van der Waals surface area contributed by atoms with Crippen molar-refractivity contribution in [2.75, 3.05) is 0 Å². The van der Waals surface area contributed by atoms with Crippen LogP contribution in [0.2, 0.25) is 0 Å². The Morgan fingerprint density at radius 2 is 1.30 bits per heavy atom. The van der Waals surface area contributed by atoms with E-state index in [1.807, 2.05) is 0 Å². The molecule has 3 aromatic rings. The molecule has 0 radical (unpaired) electrons. The third kappa shape index (κ3) is 4.27. The van der Waals surface area contributed by atoms with E-state index in [-0.39, 0.29) is 0 Å². The maximum absolute atomic E-state index is 2.72. The Hall–Kier alpha value is -3.07. The number of fused-ring (bicyclic) bond motifs is 2. The summed E-state index contributed by atoms with van der Waals surface area (Å²) in [6.45, 7) is 11.6. The van der Waals surface area contributed by atoms with Gasteiger partial charge in [0.2, 0.25) is 0 Å². The summed E-state index contributed by atoms with van der Waals surface area (Å²) in [6.07, 6.45) is 11.5. The molecule has 0 saturated carbocycles. The SMILES string of the molecule is CCCCCCCCCC1=C2C(C)=CC(C)=[N+]2[B-](c2ccccc2)(c2ccccc2)n2c(C)cc(C)c21. The number of hydrogen-bond donors (Lipinski definition) is 0. The van der Waals surface area contributed by atoms with E-state index in [1.54, 1.807) is 0 Å². The Morgan fingerprint density at radius 3 is 1.89 bits per heavy atom. The second-order valence-corrected chi connectivity index (χ2v) is 11.3. The van der Waals surface area contributed by atoms with Crippen molar-refractivity contribution in [3.05, 3.63) is 101 Å². The number of allylic oxidation sites excluding steroid dienone is 3. The molecule has 1 aromatic heterocycles. The average Bonchev–Trinajstić information content (AvgIpc) is 3.39. The van der Waals surface area contributed by atoms with Gasteiger partial charge in [0.25, 0.3) is 0 Å². The van der Waals surface area contributed by atoms with Crippen LogP contribution in [0.1, 0.15) is 89.1 Å². The molecule has 2 aliphatic heterocycles. The summed E-state index contributed by atoms with van der Waals surface area (Å²) in [5.41, 5.74) is 12.6. The van der Waals surface area contributed by atoms with Gasteiger partial charge in [0.15, 0.2) is 5.70 Å². The van der Waals surface area contributed by atoms with Gasteiger partial charge in [0, 0.05) is 29.8 Å². The molecule has 0 fully saturated rings. The molecule has 5 rings (SSSR count). The quantitative estimate of drug-likeness (QED) is 0.205. The molecule has 3 heterocycles. The van der Waals surface area contributed by atoms with Gasteiger partial charge in [-0.1, -0.05) is 106 Å². The normalized spacial score (nSPS) is 16.2. The number of benzene rings is 2. The maximum atomic E-state index is 2.72. The Bertz CT molecular complexity index is 1320. The van der Waals surface area contributed by atoms with Crippen LogP contribution in [0.4, 0.5) is 0 Å². The fraction of sp³-hybridized carbons (Fsp3) is 0.382. The van der Waals surface area contributed by atoms with Crippen LogP contribution in [-0.4, -0.2) is 21.1 Å². The smallest absolute Gasteiger partial charge is 0.434 e. The van der Waals surface area contributed by atoms with Gasteiger partial charge in [-0.25, -0.2) is 0 Å². The maximum Gasteiger partial charge on any atom is 0.434 e. The third-order valence-corrected chi connectivity index (χ3v) is 8.72. The Morgan fingerprint density at radius 1 is 0.730 bits per heavy atom. The van der Waals surface area contributed by atoms with Crippen molar-refractivity contribution in [3.63, 3.8) is 0 Å². The molecule has 0 amide bonds. The summed E-state index contributed by atoms with van der Waals surface area (Å²) >= 11 is 0. The minimum absolute atomic E-state index is 1.14. The second kappa shape index (κ2) is 10.7. The standard InChI is InChI=1S/C34H43BN2/c1-6-7-8-9-10-11-18-23-32-33-26(2)24-28(4)36(33)35(30-19-14-12-15-20-30,31-21-16-13-17-22-31)37-29(5)25-27(3)34(32)37/h12-17,19-22,24-25H,6-11,18,23H2,1-5H3. The van der Waals surface area contributed by atoms with Crippen LogP contribution in [0.5, 0.6) is 0 Å². The van der Waals surface area contributed by atoms with Crippen molar-refractivity contribution in [1.29, 1.82) is 0 Å². The summed E-state index contributed by atoms with van der Waals surface area (Å²) in [5.74, 6) is 0. The van der Waals surface area contributed by atoms with Gasteiger partial charge in [0.05, 0.1) is 0 Å². The van der Waals surface area contributed by atoms with Gasteiger partial charge in [0.1, 0.15) is 5.71 Å². The average molecular weight is 491 g/mol. The van der Waals surface area contributed by atoms with Crippen LogP contribution in [0, 0.1) is 13.8 Å². The molecule has 2 nitrogen and oxygen atoms in total. The Balaban J connectivity index is 1.70. The van der Waals surface area contributed by atoms with E-state index in [4.69, 9.17) is 0 Å². The first kappa shape index (κ1) is 25.6. The monoisotopic (exact) mass is 490 g/mol. The molecule has 0 saturated heterocycles. The third-order valence-electron chi connectivity index (χ3n) is 8.72. The molecule has 0 atom stereocenters. The lowest BCUT2D eigenvalue weighted by molar-refractivity contribution is -0.330. The summed E-state index contributed by atoms with van der Waals surface area (Å²) < 4.78 is 5.44. The molecule has 0 aliphatic carbocycles. The van der Waals surface area contributed by atoms with Crippen molar-refractivity contribution < 1.29 is 4.49 Å². The van der Waals surface area contributed by atoms with Gasteiger partial charge in [-0.05, 0) is 50.9 Å². The summed E-state index contributed by atoms with van der Waals surface area (Å²) in [7, 11) is 0. The van der Waals surface area contributed by atoms with Crippen LogP contribution >= 0.6 is 0 Å². The fourth-order valence-electron chi connectivity index (χ4n) is 7.32. The zero-order valence-corrected chi connectivity index (χ0v) is 23.6. The minimum Gasteiger partial charge on any atom is -0.450 e. The van der Waals surface area contributed by atoms with E-state index in [2.05, 4.69) is 116 Å². The van der Waals surface area contributed by atoms with Crippen molar-refractivity contribution in [3.8, 4) is 0 Å². The van der Waals surface area contributed by atoms with Crippen molar-refractivity contribution >= 4 is 28.6 Å². The molecule has 0 unspecified atom stereocenters. The molecule has 3 heteroatoms. The van der Waals surface area contributed by atoms with Crippen LogP contribution < -0.4 is 10.9 Å². The predicted octanol–water partition coefficient (Wildman–Crippen LogP) is 7.51. The largest absolute Gasteiger partial charge is 0.450 e. The van der Waals surface area contributed by atoms with Crippen molar-refractivity contribution in [1.82, 2.24) is 4.48 Å². The summed E-state index contributed by atoms with van der Waals surface area (Å²) in [5, 5.41) is 0. The van der Waals surface area contributed by atoms with E-state index in [9.17, 15) is 0 Å². The van der Waals surface area contributed by atoms with Crippen molar-refractivity contribution in [2.24, 2.45) is 0 Å². The molecule has 0 bridgehead atoms. The number of aryl methyl sites for hydroxylation is 2. The molecular formula is C34H43BN2. The van der Waals surface area contributed by atoms with Gasteiger partial charge < -0.3 is 8.96 Å². The highest BCUT2D eigenvalue weighted by atomic mass is 15.2. The summed E-state index contributed by atoms with van der Waals surface area (Å²) in [6, 6.07) is 24.9. The molecule has 192 valence electrons. The first-order valence-corrected chi connectivity index (χ1v) is 14.5. The topological polar surface area (TPSA) is 7.94 Å². The first-order chi connectivity index (χ1) is 18.0. The molecule has 0 N–H and O–H groups in total. The minimum atomic E-state index is -1.44. The van der Waals surface area contributed by atoms with Gasteiger partial charge >= 0.3 is 6.42 Å². The molecule has 2 aromatic carbocycles. The van der Waals surface area contributed by atoms with E-state index in [0.717, 1.165) is 6.42 Å². The van der Waals surface area contributed by atoms with Gasteiger partial charge in [-0.2, -0.15) is 0 Å². The van der Waals surface area contributed by atoms with E-state index in [1.165, 1.54) is 95.4 Å². The number of rotatable bonds is 10. The van der Waals surface area contributed by atoms with Crippen LogP contribution in [-0.2, 0) is 0 Å². The van der Waals surface area contributed by atoms with E-state index < -0.39 is 6.42 Å². The lowest BCUT2D eigenvalue weighted by Gasteiger charge is -2.46. The van der Waals surface area contributed by atoms with Crippen LogP contribution in [0.25, 0.3) is 5.57 Å². The predicted molar refractivity (Wildman–Crippen MR) is 161 cm³/mol. The Labute approximate surface area is 224 Å². The Kier molecular flexibility index (Phi) is 7.42. The number of hydrogen-bond acceptors (Lipinski definition) is 0. The summed E-state index contributed by atoms with van der Waals surface area (Å²) in [4.78, 5) is 0. The van der Waals surface area contributed by atoms with Crippen molar-refractivity contribution in [2.45, 2.75) is 86.0 Å². The molecule has 0 spiro atoms. The van der Waals surface area contributed by atoms with E-state index in [0.29, 0.717) is 0 Å². The lowest BCUT2D eigenvalue weighted by Crippen LogP contribution is -2.73. The van der Waals surface area contributed by atoms with Gasteiger partial charge in [-0.3, -0.25) is 0 Å². The highest BCUT2D eigenvalue weighted by molar-refractivity contribution is 6.96.